The Morgan fingerprint density at radius 3 is 2.54 bits per heavy atom. The van der Waals surface area contributed by atoms with Gasteiger partial charge in [-0.3, -0.25) is 9.59 Å². The maximum Gasteiger partial charge on any atom is 0.262 e. The molecule has 2 unspecified atom stereocenters. The molecule has 0 aromatic heterocycles. The van der Waals surface area contributed by atoms with Crippen molar-refractivity contribution in [3.8, 4) is 0 Å². The topological polar surface area (TPSA) is 68.3 Å². The lowest BCUT2D eigenvalue weighted by Crippen LogP contribution is -2.56. The molecule has 3 aliphatic rings. The minimum Gasteiger partial charge on any atom is -0.350 e. The molecule has 1 aromatic rings. The van der Waals surface area contributed by atoms with Gasteiger partial charge in [-0.05, 0) is 44.2 Å². The molecule has 3 saturated heterocycles. The van der Waals surface area contributed by atoms with Crippen LogP contribution in [0.25, 0.3) is 0 Å². The molecule has 0 aliphatic carbocycles. The van der Waals surface area contributed by atoms with Crippen LogP contribution in [0.1, 0.15) is 48.3 Å². The number of carbonyl (C=O) groups excluding carboxylic acids is 2. The molecule has 7 heteroatoms. The molecule has 0 N–H and O–H groups in total. The summed E-state index contributed by atoms with van der Waals surface area (Å²) in [5.41, 5.74) is 1.87. The van der Waals surface area contributed by atoms with Gasteiger partial charge in [-0.1, -0.05) is 23.8 Å². The quantitative estimate of drug-likeness (QED) is 0.737. The molecular weight excluding hydrogens is 360 g/mol. The van der Waals surface area contributed by atoms with Gasteiger partial charge in [0.25, 0.3) is 5.91 Å². The van der Waals surface area contributed by atoms with E-state index in [1.165, 1.54) is 5.06 Å². The molecule has 3 heterocycles. The van der Waals surface area contributed by atoms with E-state index in [9.17, 15) is 9.59 Å². The Morgan fingerprint density at radius 2 is 1.93 bits per heavy atom. The first kappa shape index (κ1) is 19.5. The average Bonchev–Trinajstić information content (AvgIpc) is 3.26. The third-order valence-electron chi connectivity index (χ3n) is 6.21. The third kappa shape index (κ3) is 3.16. The van der Waals surface area contributed by atoms with E-state index < -0.39 is 17.7 Å². The van der Waals surface area contributed by atoms with Crippen LogP contribution in [0.2, 0.25) is 0 Å². The largest absolute Gasteiger partial charge is 0.350 e. The van der Waals surface area contributed by atoms with Gasteiger partial charge in [-0.15, -0.1) is 0 Å². The summed E-state index contributed by atoms with van der Waals surface area (Å²) in [7, 11) is 1.62. The lowest BCUT2D eigenvalue weighted by molar-refractivity contribution is -0.288. The number of ketones is 1. The molecule has 2 atom stereocenters. The van der Waals surface area contributed by atoms with Crippen LogP contribution in [-0.4, -0.2) is 60.5 Å². The highest BCUT2D eigenvalue weighted by molar-refractivity contribution is 6.17. The van der Waals surface area contributed by atoms with Crippen LogP contribution in [-0.2, 0) is 24.0 Å². The zero-order valence-electron chi connectivity index (χ0n) is 16.8. The number of ether oxygens (including phenoxy) is 1. The van der Waals surface area contributed by atoms with Crippen LogP contribution >= 0.6 is 0 Å². The van der Waals surface area contributed by atoms with E-state index in [-0.39, 0.29) is 11.7 Å². The summed E-state index contributed by atoms with van der Waals surface area (Å²) < 4.78 is 5.59. The molecule has 7 nitrogen and oxygen atoms in total. The van der Waals surface area contributed by atoms with Crippen molar-refractivity contribution < 1.29 is 24.0 Å². The van der Waals surface area contributed by atoms with Crippen LogP contribution in [0.3, 0.4) is 0 Å². The van der Waals surface area contributed by atoms with E-state index in [1.54, 1.807) is 7.11 Å². The second kappa shape index (κ2) is 7.55. The number of hydrogen-bond acceptors (Lipinski definition) is 6. The van der Waals surface area contributed by atoms with Crippen molar-refractivity contribution in [3.63, 3.8) is 0 Å². The second-order valence-corrected chi connectivity index (χ2v) is 7.98. The minimum atomic E-state index is -0.958. The lowest BCUT2D eigenvalue weighted by atomic mass is 9.80. The Labute approximate surface area is 165 Å². The summed E-state index contributed by atoms with van der Waals surface area (Å²) in [5, 5.41) is 3.18. The molecule has 0 bridgehead atoms. The summed E-state index contributed by atoms with van der Waals surface area (Å²) in [6.07, 6.45) is 2.13. The summed E-state index contributed by atoms with van der Waals surface area (Å²) in [6, 6.07) is 5.87. The van der Waals surface area contributed by atoms with Gasteiger partial charge in [-0.25, -0.2) is 9.90 Å². The van der Waals surface area contributed by atoms with Crippen molar-refractivity contribution in [1.29, 1.82) is 0 Å². The number of aryl methyl sites for hydroxylation is 2. The van der Waals surface area contributed by atoms with Crippen molar-refractivity contribution in [3.05, 3.63) is 34.9 Å². The van der Waals surface area contributed by atoms with Crippen molar-refractivity contribution in [2.75, 3.05) is 26.8 Å². The maximum absolute atomic E-state index is 13.7. The molecular formula is C21H28N2O5. The summed E-state index contributed by atoms with van der Waals surface area (Å²) in [6.45, 7) is 5.71. The van der Waals surface area contributed by atoms with E-state index in [0.29, 0.717) is 32.5 Å². The van der Waals surface area contributed by atoms with Crippen LogP contribution in [0, 0.1) is 13.8 Å². The highest BCUT2D eigenvalue weighted by atomic mass is 16.8. The van der Waals surface area contributed by atoms with Gasteiger partial charge in [0.1, 0.15) is 11.5 Å². The Kier molecular flexibility index (Phi) is 5.26. The number of carbonyl (C=O) groups is 2. The van der Waals surface area contributed by atoms with E-state index in [2.05, 4.69) is 0 Å². The number of amides is 1. The predicted octanol–water partition coefficient (Wildman–Crippen LogP) is 2.26. The SMILES string of the molecule is CON1CCC2(CC1)C(=O)C(c1ccc(C)cc1C)C(=O)N2OC1CCCO1. The van der Waals surface area contributed by atoms with Crippen molar-refractivity contribution >= 4 is 11.7 Å². The second-order valence-electron chi connectivity index (χ2n) is 7.98. The molecule has 4 rings (SSSR count). The Balaban J connectivity index is 1.70. The number of hydrogen-bond donors (Lipinski definition) is 0. The Bertz CT molecular complexity index is 766. The molecule has 28 heavy (non-hydrogen) atoms. The third-order valence-corrected chi connectivity index (χ3v) is 6.21. The van der Waals surface area contributed by atoms with Crippen molar-refractivity contribution in [2.24, 2.45) is 0 Å². The fourth-order valence-corrected chi connectivity index (χ4v) is 4.62. The molecule has 0 saturated carbocycles. The number of Topliss-reactive ketones (excluding diaryl/α,β-unsaturated/α-hetero) is 1. The zero-order valence-corrected chi connectivity index (χ0v) is 16.8. The van der Waals surface area contributed by atoms with Crippen LogP contribution in [0.4, 0.5) is 0 Å². The Hall–Kier alpha value is -1.80. The molecule has 1 spiro atoms. The normalized spacial score (nSPS) is 27.9. The van der Waals surface area contributed by atoms with Crippen LogP contribution in [0.5, 0.6) is 0 Å². The fraction of sp³-hybridized carbons (Fsp3) is 0.619. The van der Waals surface area contributed by atoms with Crippen LogP contribution in [0.15, 0.2) is 18.2 Å². The maximum atomic E-state index is 13.7. The van der Waals surface area contributed by atoms with Crippen LogP contribution < -0.4 is 0 Å². The minimum absolute atomic E-state index is 0.0711. The molecule has 3 fully saturated rings. The number of rotatable bonds is 4. The summed E-state index contributed by atoms with van der Waals surface area (Å²) in [4.78, 5) is 38.4. The van der Waals surface area contributed by atoms with Gasteiger partial charge in [-0.2, -0.15) is 5.06 Å². The van der Waals surface area contributed by atoms with Gasteiger partial charge in [0.15, 0.2) is 12.1 Å². The van der Waals surface area contributed by atoms with Gasteiger partial charge in [0, 0.05) is 19.5 Å². The number of piperidine rings is 1. The fourth-order valence-electron chi connectivity index (χ4n) is 4.62. The van der Waals surface area contributed by atoms with Gasteiger partial charge in [0.2, 0.25) is 0 Å². The number of nitrogens with zero attached hydrogens (tertiary/aromatic N) is 2. The van der Waals surface area contributed by atoms with Gasteiger partial charge < -0.3 is 9.57 Å². The highest BCUT2D eigenvalue weighted by Gasteiger charge is 2.61. The average molecular weight is 388 g/mol. The van der Waals surface area contributed by atoms with Gasteiger partial charge >= 0.3 is 0 Å². The molecule has 0 radical (unpaired) electrons. The molecule has 152 valence electrons. The monoisotopic (exact) mass is 388 g/mol. The van der Waals surface area contributed by atoms with E-state index >= 15 is 0 Å². The number of benzene rings is 1. The first-order valence-corrected chi connectivity index (χ1v) is 9.99. The Morgan fingerprint density at radius 1 is 1.18 bits per heavy atom. The van der Waals surface area contributed by atoms with E-state index in [1.807, 2.05) is 37.1 Å². The first-order chi connectivity index (χ1) is 13.5. The van der Waals surface area contributed by atoms with Crippen molar-refractivity contribution in [2.45, 2.75) is 57.3 Å². The summed E-state index contributed by atoms with van der Waals surface area (Å²) >= 11 is 0. The standard InChI is InChI=1S/C21H28N2O5/c1-14-6-7-16(15(2)13-14)18-19(24)21(8-10-22(26-3)11-9-21)23(20(18)25)28-17-5-4-12-27-17/h6-7,13,17-18H,4-5,8-12H2,1-3H3. The first-order valence-electron chi connectivity index (χ1n) is 9.99. The predicted molar refractivity (Wildman–Crippen MR) is 101 cm³/mol. The zero-order chi connectivity index (χ0) is 19.9. The molecule has 1 aromatic carbocycles. The molecule has 1 amide bonds. The van der Waals surface area contributed by atoms with Crippen molar-refractivity contribution in [1.82, 2.24) is 10.1 Å². The lowest BCUT2D eigenvalue weighted by Gasteiger charge is -2.42. The van der Waals surface area contributed by atoms with E-state index in [4.69, 9.17) is 14.4 Å². The van der Waals surface area contributed by atoms with E-state index in [0.717, 1.165) is 29.5 Å². The molecule has 3 aliphatic heterocycles. The van der Waals surface area contributed by atoms with Gasteiger partial charge in [0.05, 0.1) is 13.7 Å². The highest BCUT2D eigenvalue weighted by Crippen LogP contribution is 2.44. The summed E-state index contributed by atoms with van der Waals surface area (Å²) in [5.74, 6) is -1.17. The number of hydroxylamine groups is 4. The smallest absolute Gasteiger partial charge is 0.262 e.